The summed E-state index contributed by atoms with van der Waals surface area (Å²) >= 11 is 0. The van der Waals surface area contributed by atoms with Gasteiger partial charge in [0.15, 0.2) is 0 Å². The minimum Gasteiger partial charge on any atom is -0.330 e. The van der Waals surface area contributed by atoms with Crippen LogP contribution in [0.4, 0.5) is 4.39 Å². The highest BCUT2D eigenvalue weighted by atomic mass is 19.1. The largest absolute Gasteiger partial charge is 0.330 e. The second-order valence-electron chi connectivity index (χ2n) is 8.23. The van der Waals surface area contributed by atoms with Crippen LogP contribution in [-0.2, 0) is 20.0 Å². The number of hydrogen-bond donors (Lipinski definition) is 0. The van der Waals surface area contributed by atoms with Crippen molar-refractivity contribution in [2.24, 2.45) is 12.0 Å². The van der Waals surface area contributed by atoms with E-state index in [-0.39, 0.29) is 5.82 Å². The van der Waals surface area contributed by atoms with Crippen LogP contribution in [0.25, 0.3) is 11.0 Å². The van der Waals surface area contributed by atoms with Crippen molar-refractivity contribution in [2.75, 3.05) is 13.1 Å². The summed E-state index contributed by atoms with van der Waals surface area (Å²) in [6, 6.07) is 13.3. The molecule has 0 N–H and O–H groups in total. The van der Waals surface area contributed by atoms with Crippen LogP contribution in [-0.4, -0.2) is 34.3 Å². The molecule has 0 bridgehead atoms. The van der Waals surface area contributed by atoms with Crippen LogP contribution in [0, 0.1) is 12.7 Å². The molecule has 4 rings (SSSR count). The molecule has 32 heavy (non-hydrogen) atoms. The van der Waals surface area contributed by atoms with E-state index >= 15 is 0 Å². The van der Waals surface area contributed by atoms with E-state index in [1.807, 2.05) is 24.3 Å². The number of hydrogen-bond acceptors (Lipinski definition) is 3. The van der Waals surface area contributed by atoms with E-state index in [0.717, 1.165) is 43.1 Å². The van der Waals surface area contributed by atoms with Crippen molar-refractivity contribution in [3.8, 4) is 0 Å². The maximum absolute atomic E-state index is 13.7. The molecule has 1 aliphatic heterocycles. The zero-order valence-electron chi connectivity index (χ0n) is 18.8. The number of fused-ring (bicyclic) bond motifs is 1. The van der Waals surface area contributed by atoms with Crippen molar-refractivity contribution in [1.82, 2.24) is 14.5 Å². The molecule has 164 valence electrons. The van der Waals surface area contributed by atoms with E-state index < -0.39 is 0 Å². The predicted molar refractivity (Wildman–Crippen MR) is 130 cm³/mol. The van der Waals surface area contributed by atoms with E-state index in [1.165, 1.54) is 22.7 Å². The lowest BCUT2D eigenvalue weighted by Gasteiger charge is -2.26. The molecule has 0 saturated carbocycles. The summed E-state index contributed by atoms with van der Waals surface area (Å²) in [5.41, 5.74) is 6.22. The van der Waals surface area contributed by atoms with Gasteiger partial charge >= 0.3 is 0 Å². The van der Waals surface area contributed by atoms with Crippen LogP contribution in [0.2, 0.25) is 0 Å². The van der Waals surface area contributed by atoms with Crippen LogP contribution in [0.3, 0.4) is 0 Å². The van der Waals surface area contributed by atoms with Gasteiger partial charge in [-0.3, -0.25) is 9.89 Å². The SMILES string of the molecule is C=N/C(=C\C=C/Cc1ccccc1F)C1=CCN(Cc2nc3cc(C)ccc3n2C)CC1. The van der Waals surface area contributed by atoms with Crippen LogP contribution in [0.5, 0.6) is 0 Å². The van der Waals surface area contributed by atoms with Gasteiger partial charge in [-0.2, -0.15) is 0 Å². The summed E-state index contributed by atoms with van der Waals surface area (Å²) in [6.45, 7) is 8.44. The Kier molecular flexibility index (Phi) is 6.76. The lowest BCUT2D eigenvalue weighted by atomic mass is 10.0. The molecule has 2 heterocycles. The third kappa shape index (κ3) is 4.94. The van der Waals surface area contributed by atoms with Gasteiger partial charge in [0.2, 0.25) is 0 Å². The summed E-state index contributed by atoms with van der Waals surface area (Å²) in [4.78, 5) is 11.5. The molecule has 0 spiro atoms. The van der Waals surface area contributed by atoms with Gasteiger partial charge in [0, 0.05) is 20.1 Å². The normalized spacial score (nSPS) is 15.5. The van der Waals surface area contributed by atoms with Crippen molar-refractivity contribution in [1.29, 1.82) is 0 Å². The first kappa shape index (κ1) is 21.9. The van der Waals surface area contributed by atoms with Gasteiger partial charge in [-0.25, -0.2) is 9.37 Å². The Morgan fingerprint density at radius 3 is 2.84 bits per heavy atom. The van der Waals surface area contributed by atoms with Crippen molar-refractivity contribution >= 4 is 17.8 Å². The smallest absolute Gasteiger partial charge is 0.126 e. The van der Waals surface area contributed by atoms with E-state index in [0.29, 0.717) is 12.0 Å². The first-order valence-corrected chi connectivity index (χ1v) is 11.0. The number of allylic oxidation sites excluding steroid dienone is 4. The molecule has 0 aliphatic carbocycles. The van der Waals surface area contributed by atoms with Gasteiger partial charge in [0.25, 0.3) is 0 Å². The van der Waals surface area contributed by atoms with Crippen LogP contribution >= 0.6 is 0 Å². The number of rotatable bonds is 7. The lowest BCUT2D eigenvalue weighted by molar-refractivity contribution is 0.277. The van der Waals surface area contributed by atoms with Crippen molar-refractivity contribution in [2.45, 2.75) is 26.3 Å². The van der Waals surface area contributed by atoms with Gasteiger partial charge in [-0.15, -0.1) is 0 Å². The molecule has 5 heteroatoms. The highest BCUT2D eigenvalue weighted by molar-refractivity contribution is 5.76. The minimum atomic E-state index is -0.172. The van der Waals surface area contributed by atoms with Crippen LogP contribution < -0.4 is 0 Å². The molecule has 4 nitrogen and oxygen atoms in total. The molecule has 0 atom stereocenters. The highest BCUT2D eigenvalue weighted by Gasteiger charge is 2.17. The number of aryl methyl sites for hydroxylation is 2. The van der Waals surface area contributed by atoms with Gasteiger partial charge in [0.05, 0.1) is 23.3 Å². The predicted octanol–water partition coefficient (Wildman–Crippen LogP) is 5.54. The van der Waals surface area contributed by atoms with Gasteiger partial charge in [0.1, 0.15) is 11.6 Å². The molecule has 1 aromatic heterocycles. The standard InChI is InChI=1S/C27H29FN4/c1-20-12-13-26-25(18-20)30-27(31(26)3)19-32-16-14-22(15-17-32)24(29-2)11-7-5-9-21-8-4-6-10-23(21)28/h4-8,10-14,18H,2,9,15-17,19H2,1,3H3/b7-5-,24-11-. The Morgan fingerprint density at radius 2 is 2.09 bits per heavy atom. The molecule has 0 radical (unpaired) electrons. The molecular formula is C27H29FN4. The summed E-state index contributed by atoms with van der Waals surface area (Å²) in [5.74, 6) is 0.908. The number of aromatic nitrogens is 2. The molecule has 0 fully saturated rings. The Hall–Kier alpha value is -3.31. The van der Waals surface area contributed by atoms with Crippen molar-refractivity contribution in [3.63, 3.8) is 0 Å². The summed E-state index contributed by atoms with van der Waals surface area (Å²) in [6.07, 6.45) is 9.54. The fourth-order valence-corrected chi connectivity index (χ4v) is 4.07. The van der Waals surface area contributed by atoms with Crippen LogP contribution in [0.1, 0.15) is 23.4 Å². The Bertz CT molecular complexity index is 1220. The zero-order valence-corrected chi connectivity index (χ0v) is 18.8. The molecule has 0 saturated heterocycles. The van der Waals surface area contributed by atoms with Gasteiger partial charge < -0.3 is 4.57 Å². The topological polar surface area (TPSA) is 33.4 Å². The molecule has 2 aromatic carbocycles. The number of nitrogens with zero attached hydrogens (tertiary/aromatic N) is 4. The maximum Gasteiger partial charge on any atom is 0.126 e. The van der Waals surface area contributed by atoms with E-state index in [1.54, 1.807) is 12.1 Å². The number of aliphatic imine (C=N–C) groups is 1. The highest BCUT2D eigenvalue weighted by Crippen LogP contribution is 2.23. The summed E-state index contributed by atoms with van der Waals surface area (Å²) in [5, 5.41) is 0. The molecule has 3 aromatic rings. The van der Waals surface area contributed by atoms with Gasteiger partial charge in [-0.1, -0.05) is 42.5 Å². The molecular weight excluding hydrogens is 399 g/mol. The van der Waals surface area contributed by atoms with Crippen LogP contribution in [0.15, 0.2) is 83.0 Å². The third-order valence-corrected chi connectivity index (χ3v) is 5.97. The third-order valence-electron chi connectivity index (χ3n) is 5.97. The van der Waals surface area contributed by atoms with E-state index in [9.17, 15) is 4.39 Å². The number of imidazole rings is 1. The lowest BCUT2D eigenvalue weighted by Crippen LogP contribution is -2.29. The summed E-state index contributed by atoms with van der Waals surface area (Å²) < 4.78 is 15.9. The van der Waals surface area contributed by atoms with Gasteiger partial charge in [-0.05, 0) is 67.5 Å². The molecule has 0 unspecified atom stereocenters. The minimum absolute atomic E-state index is 0.172. The maximum atomic E-state index is 13.7. The fourth-order valence-electron chi connectivity index (χ4n) is 4.07. The van der Waals surface area contributed by atoms with E-state index in [2.05, 4.69) is 59.4 Å². The average molecular weight is 429 g/mol. The quantitative estimate of drug-likeness (QED) is 0.366. The Balaban J connectivity index is 1.39. The summed E-state index contributed by atoms with van der Waals surface area (Å²) in [7, 11) is 2.08. The molecule has 1 aliphatic rings. The van der Waals surface area contributed by atoms with Crippen molar-refractivity contribution in [3.05, 3.63) is 101 Å². The fraction of sp³-hybridized carbons (Fsp3) is 0.259. The second-order valence-corrected chi connectivity index (χ2v) is 8.23. The average Bonchev–Trinajstić information content (AvgIpc) is 3.10. The Labute approximate surface area is 189 Å². The number of benzene rings is 2. The zero-order chi connectivity index (χ0) is 22.5. The monoisotopic (exact) mass is 428 g/mol. The first-order valence-electron chi connectivity index (χ1n) is 11.0. The molecule has 0 amide bonds. The Morgan fingerprint density at radius 1 is 1.25 bits per heavy atom. The second kappa shape index (κ2) is 9.88. The van der Waals surface area contributed by atoms with Crippen molar-refractivity contribution < 1.29 is 4.39 Å². The first-order chi connectivity index (χ1) is 15.5. The van der Waals surface area contributed by atoms with E-state index in [4.69, 9.17) is 4.98 Å². The number of halogens is 1.